The lowest BCUT2D eigenvalue weighted by Gasteiger charge is -2.36. The van der Waals surface area contributed by atoms with Gasteiger partial charge in [-0.05, 0) is 43.0 Å². The van der Waals surface area contributed by atoms with E-state index in [9.17, 15) is 0 Å². The van der Waals surface area contributed by atoms with Gasteiger partial charge >= 0.3 is 0 Å². The van der Waals surface area contributed by atoms with Gasteiger partial charge in [0.05, 0.1) is 0 Å². The third-order valence-electron chi connectivity index (χ3n) is 4.03. The Hall–Kier alpha value is -0.580. The number of piperazine rings is 1. The highest BCUT2D eigenvalue weighted by Gasteiger charge is 2.36. The van der Waals surface area contributed by atoms with Gasteiger partial charge < -0.3 is 10.1 Å². The first-order chi connectivity index (χ1) is 9.33. The van der Waals surface area contributed by atoms with E-state index in [2.05, 4.69) is 26.1 Å². The highest BCUT2D eigenvalue weighted by Crippen LogP contribution is 2.35. The molecule has 19 heavy (non-hydrogen) atoms. The second kappa shape index (κ2) is 6.25. The molecule has 1 unspecified atom stereocenters. The molecule has 1 aliphatic carbocycles. The van der Waals surface area contributed by atoms with Crippen LogP contribution in [0.2, 0.25) is 0 Å². The summed E-state index contributed by atoms with van der Waals surface area (Å²) in [4.78, 5) is 2.60. The first kappa shape index (κ1) is 13.4. The minimum Gasteiger partial charge on any atom is -0.492 e. The maximum absolute atomic E-state index is 5.83. The van der Waals surface area contributed by atoms with Crippen molar-refractivity contribution in [1.82, 2.24) is 10.2 Å². The summed E-state index contributed by atoms with van der Waals surface area (Å²) >= 11 is 3.44. The molecule has 1 atom stereocenters. The van der Waals surface area contributed by atoms with Crippen molar-refractivity contribution in [3.05, 3.63) is 28.7 Å². The van der Waals surface area contributed by atoms with Crippen LogP contribution in [0.4, 0.5) is 0 Å². The Labute approximate surface area is 123 Å². The molecule has 0 bridgehead atoms. The van der Waals surface area contributed by atoms with Crippen molar-refractivity contribution in [2.45, 2.75) is 18.9 Å². The van der Waals surface area contributed by atoms with E-state index in [0.717, 1.165) is 55.0 Å². The van der Waals surface area contributed by atoms with Crippen LogP contribution in [0.3, 0.4) is 0 Å². The highest BCUT2D eigenvalue weighted by molar-refractivity contribution is 9.10. The molecule has 3 rings (SSSR count). The molecule has 1 aliphatic heterocycles. The van der Waals surface area contributed by atoms with Gasteiger partial charge in [0, 0.05) is 36.7 Å². The lowest BCUT2D eigenvalue weighted by Crippen LogP contribution is -2.53. The molecule has 4 heteroatoms. The molecular formula is C15H21BrN2O. The molecule has 1 saturated carbocycles. The van der Waals surface area contributed by atoms with Crippen molar-refractivity contribution >= 4 is 15.9 Å². The van der Waals surface area contributed by atoms with Gasteiger partial charge in [-0.2, -0.15) is 0 Å². The van der Waals surface area contributed by atoms with Gasteiger partial charge in [-0.3, -0.25) is 4.90 Å². The van der Waals surface area contributed by atoms with E-state index in [4.69, 9.17) is 4.74 Å². The predicted octanol–water partition coefficient (Wildman–Crippen LogP) is 2.51. The smallest absolute Gasteiger partial charge is 0.119 e. The SMILES string of the molecule is Brc1ccc(OCCN2CCNCC2C2CC2)cc1. The van der Waals surface area contributed by atoms with Crippen molar-refractivity contribution in [2.75, 3.05) is 32.8 Å². The van der Waals surface area contributed by atoms with Crippen molar-refractivity contribution in [2.24, 2.45) is 5.92 Å². The molecule has 0 aromatic heterocycles. The van der Waals surface area contributed by atoms with Crippen LogP contribution in [0.15, 0.2) is 28.7 Å². The standard InChI is InChI=1S/C15H21BrN2O/c16-13-3-5-14(6-4-13)19-10-9-18-8-7-17-11-15(18)12-1-2-12/h3-6,12,15,17H,1-2,7-11H2. The Balaban J connectivity index is 1.46. The second-order valence-electron chi connectivity index (χ2n) is 5.45. The molecule has 0 radical (unpaired) electrons. The number of halogens is 1. The Bertz CT molecular complexity index is 405. The van der Waals surface area contributed by atoms with E-state index in [1.54, 1.807) is 0 Å². The van der Waals surface area contributed by atoms with Gasteiger partial charge in [0.2, 0.25) is 0 Å². The molecule has 1 aromatic carbocycles. The second-order valence-corrected chi connectivity index (χ2v) is 6.36. The van der Waals surface area contributed by atoms with E-state index in [-0.39, 0.29) is 0 Å². The molecule has 2 aliphatic rings. The quantitative estimate of drug-likeness (QED) is 0.900. The van der Waals surface area contributed by atoms with E-state index in [1.165, 1.54) is 12.8 Å². The molecule has 0 spiro atoms. The molecule has 104 valence electrons. The van der Waals surface area contributed by atoms with Gasteiger partial charge in [-0.15, -0.1) is 0 Å². The largest absolute Gasteiger partial charge is 0.492 e. The Morgan fingerprint density at radius 3 is 2.79 bits per heavy atom. The molecule has 3 nitrogen and oxygen atoms in total. The molecular weight excluding hydrogens is 304 g/mol. The number of nitrogens with one attached hydrogen (secondary N) is 1. The average Bonchev–Trinajstić information content (AvgIpc) is 3.26. The number of ether oxygens (including phenoxy) is 1. The molecule has 1 aromatic rings. The normalized spacial score (nSPS) is 24.4. The maximum Gasteiger partial charge on any atom is 0.119 e. The Kier molecular flexibility index (Phi) is 4.41. The van der Waals surface area contributed by atoms with Gasteiger partial charge in [0.15, 0.2) is 0 Å². The van der Waals surface area contributed by atoms with Crippen molar-refractivity contribution in [1.29, 1.82) is 0 Å². The van der Waals surface area contributed by atoms with Gasteiger partial charge in [-0.25, -0.2) is 0 Å². The fourth-order valence-corrected chi connectivity index (χ4v) is 3.07. The summed E-state index contributed by atoms with van der Waals surface area (Å²) in [6.45, 7) is 5.25. The molecule has 2 fully saturated rings. The van der Waals surface area contributed by atoms with Crippen LogP contribution in [0.1, 0.15) is 12.8 Å². The van der Waals surface area contributed by atoms with Crippen molar-refractivity contribution in [3.63, 3.8) is 0 Å². The van der Waals surface area contributed by atoms with Gasteiger partial charge in [0.25, 0.3) is 0 Å². The minimum absolute atomic E-state index is 0.738. The zero-order valence-electron chi connectivity index (χ0n) is 11.1. The van der Waals surface area contributed by atoms with E-state index in [0.29, 0.717) is 0 Å². The van der Waals surface area contributed by atoms with E-state index < -0.39 is 0 Å². The molecule has 1 saturated heterocycles. The summed E-state index contributed by atoms with van der Waals surface area (Å²) in [6, 6.07) is 8.81. The Morgan fingerprint density at radius 1 is 1.26 bits per heavy atom. The lowest BCUT2D eigenvalue weighted by atomic mass is 10.1. The highest BCUT2D eigenvalue weighted by atomic mass is 79.9. The van der Waals surface area contributed by atoms with Crippen LogP contribution in [-0.2, 0) is 0 Å². The molecule has 1 N–H and O–H groups in total. The van der Waals surface area contributed by atoms with E-state index >= 15 is 0 Å². The Morgan fingerprint density at radius 2 is 2.05 bits per heavy atom. The molecule has 1 heterocycles. The summed E-state index contributed by atoms with van der Waals surface area (Å²) in [7, 11) is 0. The van der Waals surface area contributed by atoms with Crippen molar-refractivity contribution < 1.29 is 4.74 Å². The zero-order chi connectivity index (χ0) is 13.1. The van der Waals surface area contributed by atoms with Crippen LogP contribution < -0.4 is 10.1 Å². The average molecular weight is 325 g/mol. The molecule has 0 amide bonds. The third kappa shape index (κ3) is 3.71. The first-order valence-electron chi connectivity index (χ1n) is 7.16. The summed E-state index contributed by atoms with van der Waals surface area (Å²) in [5, 5.41) is 3.51. The van der Waals surface area contributed by atoms with Crippen LogP contribution in [0.25, 0.3) is 0 Å². The van der Waals surface area contributed by atoms with Gasteiger partial charge in [-0.1, -0.05) is 15.9 Å². The topological polar surface area (TPSA) is 24.5 Å². The predicted molar refractivity (Wildman–Crippen MR) is 80.6 cm³/mol. The van der Waals surface area contributed by atoms with Crippen LogP contribution in [-0.4, -0.2) is 43.7 Å². The lowest BCUT2D eigenvalue weighted by molar-refractivity contribution is 0.120. The summed E-state index contributed by atoms with van der Waals surface area (Å²) in [5.74, 6) is 1.89. The van der Waals surface area contributed by atoms with Crippen molar-refractivity contribution in [3.8, 4) is 5.75 Å². The number of hydrogen-bond donors (Lipinski definition) is 1. The van der Waals surface area contributed by atoms with Crippen LogP contribution in [0, 0.1) is 5.92 Å². The maximum atomic E-state index is 5.83. The summed E-state index contributed by atoms with van der Waals surface area (Å²) in [6.07, 6.45) is 2.83. The van der Waals surface area contributed by atoms with Crippen LogP contribution >= 0.6 is 15.9 Å². The number of benzene rings is 1. The van der Waals surface area contributed by atoms with Gasteiger partial charge in [0.1, 0.15) is 12.4 Å². The fourth-order valence-electron chi connectivity index (χ4n) is 2.80. The third-order valence-corrected chi connectivity index (χ3v) is 4.55. The van der Waals surface area contributed by atoms with E-state index in [1.807, 2.05) is 24.3 Å². The monoisotopic (exact) mass is 324 g/mol. The summed E-state index contributed by atoms with van der Waals surface area (Å²) in [5.41, 5.74) is 0. The minimum atomic E-state index is 0.738. The number of rotatable bonds is 5. The number of hydrogen-bond acceptors (Lipinski definition) is 3. The van der Waals surface area contributed by atoms with Crippen LogP contribution in [0.5, 0.6) is 5.75 Å². The fraction of sp³-hybridized carbons (Fsp3) is 0.600. The zero-order valence-corrected chi connectivity index (χ0v) is 12.7. The summed E-state index contributed by atoms with van der Waals surface area (Å²) < 4.78 is 6.92. The number of nitrogens with zero attached hydrogens (tertiary/aromatic N) is 1. The first-order valence-corrected chi connectivity index (χ1v) is 7.95.